The predicted molar refractivity (Wildman–Crippen MR) is 110 cm³/mol. The van der Waals surface area contributed by atoms with Crippen molar-refractivity contribution in [2.45, 2.75) is 84.7 Å². The monoisotopic (exact) mass is 382 g/mol. The molecule has 6 atom stereocenters. The second-order valence-corrected chi connectivity index (χ2v) is 9.92. The zero-order valence-electron chi connectivity index (χ0n) is 17.7. The zero-order valence-corrected chi connectivity index (χ0v) is 17.7. The maximum Gasteiger partial charge on any atom is 0.155 e. The van der Waals surface area contributed by atoms with Gasteiger partial charge in [0.05, 0.1) is 6.10 Å². The summed E-state index contributed by atoms with van der Waals surface area (Å²) in [5.74, 6) is 8.60. The average molecular weight is 383 g/mol. The Morgan fingerprint density at radius 3 is 2.64 bits per heavy atom. The minimum absolute atomic E-state index is 0.0236. The molecule has 0 radical (unpaired) electrons. The van der Waals surface area contributed by atoms with Crippen LogP contribution in [0.5, 0.6) is 0 Å². The van der Waals surface area contributed by atoms with Gasteiger partial charge in [-0.3, -0.25) is 9.59 Å². The number of ketones is 2. The third-order valence-electron chi connectivity index (χ3n) is 8.52. The molecule has 3 nitrogen and oxygen atoms in total. The Morgan fingerprint density at radius 2 is 1.86 bits per heavy atom. The topological polar surface area (TPSA) is 43.4 Å². The highest BCUT2D eigenvalue weighted by atomic mass is 16.5. The lowest BCUT2D eigenvalue weighted by Crippen LogP contribution is -2.54. The highest BCUT2D eigenvalue weighted by molar-refractivity contribution is 5.92. The van der Waals surface area contributed by atoms with E-state index in [4.69, 9.17) is 4.74 Å². The van der Waals surface area contributed by atoms with Crippen LogP contribution in [0.25, 0.3) is 0 Å². The molecule has 3 saturated carbocycles. The second-order valence-electron chi connectivity index (χ2n) is 9.92. The molecule has 4 rings (SSSR count). The summed E-state index contributed by atoms with van der Waals surface area (Å²) in [5, 5.41) is 0. The van der Waals surface area contributed by atoms with Crippen LogP contribution < -0.4 is 0 Å². The van der Waals surface area contributed by atoms with Crippen LogP contribution >= 0.6 is 0 Å². The van der Waals surface area contributed by atoms with Gasteiger partial charge in [0.15, 0.2) is 5.78 Å². The van der Waals surface area contributed by atoms with E-state index in [0.29, 0.717) is 36.6 Å². The normalized spacial score (nSPS) is 42.0. The number of fused-ring (bicyclic) bond motifs is 5. The molecule has 0 heterocycles. The molecule has 0 aliphatic heterocycles. The summed E-state index contributed by atoms with van der Waals surface area (Å²) in [7, 11) is 0. The Kier molecular flexibility index (Phi) is 5.29. The van der Waals surface area contributed by atoms with Crippen LogP contribution in [0.1, 0.15) is 78.6 Å². The van der Waals surface area contributed by atoms with Gasteiger partial charge in [0.2, 0.25) is 0 Å². The molecule has 152 valence electrons. The molecule has 0 aromatic rings. The summed E-state index contributed by atoms with van der Waals surface area (Å²) in [4.78, 5) is 24.9. The van der Waals surface area contributed by atoms with Crippen molar-refractivity contribution in [3.05, 3.63) is 11.6 Å². The highest BCUT2D eigenvalue weighted by Crippen LogP contribution is 2.64. The molecule has 0 unspecified atom stereocenters. The van der Waals surface area contributed by atoms with Crippen molar-refractivity contribution in [1.82, 2.24) is 0 Å². The Labute approximate surface area is 169 Å². The van der Waals surface area contributed by atoms with Crippen LogP contribution in [0.4, 0.5) is 0 Å². The van der Waals surface area contributed by atoms with Gasteiger partial charge in [0.1, 0.15) is 12.4 Å². The summed E-state index contributed by atoms with van der Waals surface area (Å²) < 4.78 is 6.29. The zero-order chi connectivity index (χ0) is 19.9. The maximum atomic E-state index is 12.7. The number of hydrogen-bond acceptors (Lipinski definition) is 3. The Bertz CT molecular complexity index is 753. The van der Waals surface area contributed by atoms with Crippen LogP contribution in [0, 0.1) is 40.4 Å². The maximum absolute atomic E-state index is 12.7. The number of rotatable bonds is 3. The van der Waals surface area contributed by atoms with Gasteiger partial charge in [-0.05, 0) is 73.3 Å². The van der Waals surface area contributed by atoms with Gasteiger partial charge in [-0.2, -0.15) is 0 Å². The second kappa shape index (κ2) is 7.45. The minimum Gasteiger partial charge on any atom is -0.361 e. The van der Waals surface area contributed by atoms with Crippen molar-refractivity contribution in [1.29, 1.82) is 0 Å². The van der Waals surface area contributed by atoms with Crippen molar-refractivity contribution in [2.75, 3.05) is 6.61 Å². The van der Waals surface area contributed by atoms with E-state index in [1.54, 1.807) is 0 Å². The minimum atomic E-state index is -0.130. The number of carbonyl (C=O) groups excluding carboxylic acids is 2. The summed E-state index contributed by atoms with van der Waals surface area (Å²) in [5.41, 5.74) is 1.12. The smallest absolute Gasteiger partial charge is 0.155 e. The fourth-order valence-corrected chi connectivity index (χ4v) is 6.91. The summed E-state index contributed by atoms with van der Waals surface area (Å²) in [6, 6.07) is 0. The van der Waals surface area contributed by atoms with Crippen LogP contribution in [-0.4, -0.2) is 24.3 Å². The number of Topliss-reactive ketones (excluding diaryl/α,β-unsaturated/α-hetero) is 1. The SMILES string of the molecule is CCCC#CCO[C@@H]1C[C@@H]2[C@H](CC[C@]3(C)C(=O)CC[C@@H]23)[C@@]2(C)CCC(=O)C=C12. The molecule has 0 aromatic carbocycles. The Hall–Kier alpha value is -1.40. The van der Waals surface area contributed by atoms with E-state index in [2.05, 4.69) is 32.6 Å². The lowest BCUT2D eigenvalue weighted by atomic mass is 9.47. The molecular formula is C25H34O3. The van der Waals surface area contributed by atoms with E-state index in [0.717, 1.165) is 51.4 Å². The fraction of sp³-hybridized carbons (Fsp3) is 0.760. The predicted octanol–water partition coefficient (Wildman–Crippen LogP) is 4.89. The molecule has 0 bridgehead atoms. The van der Waals surface area contributed by atoms with Crippen molar-refractivity contribution in [2.24, 2.45) is 28.6 Å². The number of ether oxygens (including phenoxy) is 1. The van der Waals surface area contributed by atoms with Gasteiger partial charge in [0.25, 0.3) is 0 Å². The van der Waals surface area contributed by atoms with Gasteiger partial charge in [0, 0.05) is 24.7 Å². The van der Waals surface area contributed by atoms with Crippen molar-refractivity contribution in [3.63, 3.8) is 0 Å². The number of hydrogen-bond donors (Lipinski definition) is 0. The van der Waals surface area contributed by atoms with Crippen LogP contribution in [-0.2, 0) is 14.3 Å². The van der Waals surface area contributed by atoms with E-state index in [1.807, 2.05) is 6.08 Å². The summed E-state index contributed by atoms with van der Waals surface area (Å²) in [6.45, 7) is 7.14. The van der Waals surface area contributed by atoms with Gasteiger partial charge in [-0.15, -0.1) is 5.92 Å². The molecule has 0 spiro atoms. The number of unbranched alkanes of at least 4 members (excludes halogenated alkanes) is 1. The van der Waals surface area contributed by atoms with Gasteiger partial charge >= 0.3 is 0 Å². The first-order valence-electron chi connectivity index (χ1n) is 11.3. The largest absolute Gasteiger partial charge is 0.361 e. The summed E-state index contributed by atoms with van der Waals surface area (Å²) >= 11 is 0. The van der Waals surface area contributed by atoms with Crippen LogP contribution in [0.3, 0.4) is 0 Å². The third-order valence-corrected chi connectivity index (χ3v) is 8.52. The lowest BCUT2D eigenvalue weighted by molar-refractivity contribution is -0.135. The van der Waals surface area contributed by atoms with E-state index in [1.165, 1.54) is 5.57 Å². The van der Waals surface area contributed by atoms with Crippen molar-refractivity contribution in [3.8, 4) is 11.8 Å². The molecule has 3 heteroatoms. The number of carbonyl (C=O) groups is 2. The van der Waals surface area contributed by atoms with E-state index < -0.39 is 0 Å². The molecule has 3 fully saturated rings. The third kappa shape index (κ3) is 3.09. The molecule has 4 aliphatic rings. The summed E-state index contributed by atoms with van der Waals surface area (Å²) in [6.07, 6.45) is 10.3. The lowest BCUT2D eigenvalue weighted by Gasteiger charge is -2.58. The van der Waals surface area contributed by atoms with Crippen molar-refractivity contribution < 1.29 is 14.3 Å². The molecule has 0 aromatic heterocycles. The van der Waals surface area contributed by atoms with Crippen molar-refractivity contribution >= 4 is 11.6 Å². The molecule has 4 aliphatic carbocycles. The van der Waals surface area contributed by atoms with Crippen LogP contribution in [0.2, 0.25) is 0 Å². The average Bonchev–Trinajstić information content (AvgIpc) is 2.98. The first kappa shape index (κ1) is 19.9. The molecule has 0 N–H and O–H groups in total. The van der Waals surface area contributed by atoms with E-state index >= 15 is 0 Å². The van der Waals surface area contributed by atoms with E-state index in [9.17, 15) is 9.59 Å². The van der Waals surface area contributed by atoms with Gasteiger partial charge in [-0.1, -0.05) is 26.7 Å². The first-order valence-corrected chi connectivity index (χ1v) is 11.3. The van der Waals surface area contributed by atoms with Gasteiger partial charge in [-0.25, -0.2) is 0 Å². The highest BCUT2D eigenvalue weighted by Gasteiger charge is 2.60. The Morgan fingerprint density at radius 1 is 1.07 bits per heavy atom. The fourth-order valence-electron chi connectivity index (χ4n) is 6.91. The quantitative estimate of drug-likeness (QED) is 0.653. The molecule has 0 saturated heterocycles. The van der Waals surface area contributed by atoms with E-state index in [-0.39, 0.29) is 22.7 Å². The molecular weight excluding hydrogens is 348 g/mol. The molecule has 0 amide bonds. The van der Waals surface area contributed by atoms with Crippen LogP contribution in [0.15, 0.2) is 11.6 Å². The Balaban J connectivity index is 1.63. The van der Waals surface area contributed by atoms with Gasteiger partial charge < -0.3 is 4.74 Å². The molecule has 28 heavy (non-hydrogen) atoms. The first-order chi connectivity index (χ1) is 13.4. The standard InChI is InChI=1S/C25H34O3/c1-4-5-6-7-14-28-22-16-18-19-8-9-23(27)25(19,3)13-11-20(18)24(2)12-10-17(26)15-21(22)24/h15,18-20,22H,4-5,8-14,16H2,1-3H3/t18-,19-,20-,22+,24+,25-/m0/s1.